The van der Waals surface area contributed by atoms with Crippen molar-refractivity contribution in [3.63, 3.8) is 0 Å². The summed E-state index contributed by atoms with van der Waals surface area (Å²) in [5.74, 6) is -5.62. The number of amides is 1. The number of ether oxygens (including phenoxy) is 2. The van der Waals surface area contributed by atoms with Crippen LogP contribution in [0.15, 0.2) is 66.7 Å². The summed E-state index contributed by atoms with van der Waals surface area (Å²) in [6, 6.07) is 18.9. The lowest BCUT2D eigenvalue weighted by molar-refractivity contribution is -0.166. The highest BCUT2D eigenvalue weighted by Gasteiger charge is 2.46. The van der Waals surface area contributed by atoms with E-state index in [1.165, 1.54) is 54.7 Å². The van der Waals surface area contributed by atoms with Gasteiger partial charge < -0.3 is 30.1 Å². The van der Waals surface area contributed by atoms with Crippen molar-refractivity contribution in [3.8, 4) is 0 Å². The second-order valence-electron chi connectivity index (χ2n) is 14.1. The van der Waals surface area contributed by atoms with Crippen LogP contribution in [0.3, 0.4) is 0 Å². The largest absolute Gasteiger partial charge is 0.478 e. The first-order valence-corrected chi connectivity index (χ1v) is 18.1. The van der Waals surface area contributed by atoms with Crippen LogP contribution in [-0.4, -0.2) is 76.1 Å². The molecule has 1 fully saturated rings. The summed E-state index contributed by atoms with van der Waals surface area (Å²) < 4.78 is 9.64. The lowest BCUT2D eigenvalue weighted by atomic mass is 9.80. The van der Waals surface area contributed by atoms with Crippen LogP contribution in [0.25, 0.3) is 0 Å². The second kappa shape index (κ2) is 18.0. The molecule has 1 heterocycles. The molecule has 3 aromatic carbocycles. The Balaban J connectivity index is 0.000000238. The van der Waals surface area contributed by atoms with Crippen molar-refractivity contribution >= 4 is 35.7 Å². The topological polar surface area (TPSA) is 180 Å². The van der Waals surface area contributed by atoms with Gasteiger partial charge in [0.05, 0.1) is 11.1 Å². The van der Waals surface area contributed by atoms with E-state index < -0.39 is 42.2 Å². The molecule has 12 heteroatoms. The fraction of sp³-hybridized carbons (Fsp3) is 0.439. The quantitative estimate of drug-likeness (QED) is 0.0998. The monoisotopic (exact) mass is 730 g/mol. The van der Waals surface area contributed by atoms with Crippen LogP contribution in [0.2, 0.25) is 0 Å². The highest BCUT2D eigenvalue weighted by Crippen LogP contribution is 2.45. The second-order valence-corrected chi connectivity index (χ2v) is 14.1. The van der Waals surface area contributed by atoms with Crippen molar-refractivity contribution in [2.45, 2.75) is 109 Å². The van der Waals surface area contributed by atoms with Gasteiger partial charge in [-0.15, -0.1) is 0 Å². The molecule has 12 nitrogen and oxygen atoms in total. The van der Waals surface area contributed by atoms with Crippen molar-refractivity contribution in [1.29, 1.82) is 0 Å². The number of aryl methyl sites for hydroxylation is 2. The number of carbonyl (C=O) groups is 5. The van der Waals surface area contributed by atoms with E-state index in [0.717, 1.165) is 49.0 Å². The molecule has 53 heavy (non-hydrogen) atoms. The lowest BCUT2D eigenvalue weighted by Gasteiger charge is -2.29. The molecule has 0 aromatic heterocycles. The summed E-state index contributed by atoms with van der Waals surface area (Å²) in [5.41, 5.74) is 5.51. The number of nitrogens with zero attached hydrogens (tertiary/aromatic N) is 1. The molecule has 0 saturated carbocycles. The fourth-order valence-electron chi connectivity index (χ4n) is 6.95. The van der Waals surface area contributed by atoms with Crippen molar-refractivity contribution in [3.05, 3.63) is 100 Å². The number of carboxylic acid groups (broad SMARTS) is 3. The molecule has 0 spiro atoms. The normalized spacial score (nSPS) is 18.6. The zero-order valence-electron chi connectivity index (χ0n) is 31.0. The Hall–Kier alpha value is -5.23. The molecule has 1 aliphatic carbocycles. The standard InChI is InChI=1S/C21H32N2O2.C20H18O8/c1-4-5-6-7-8-15(2)23(20(24)25)17-10-9-16-13-19-21(3,11-12-22-19)18(16)14-17;1-11-3-7-13(8-4-11)19(25)27-15(17(21)22)16(18(23)24)28-20(26)14-9-5-12(2)6-10-14/h9-10,14-15,19,22H,4-8,11-13H2,1-3H3,(H,24,25);3-10,15-16H,1-2H3,(H,21,22)(H,23,24)/t15?,19-,21+;15-,16-/m11/s1. The number of hydrogen-bond acceptors (Lipinski definition) is 8. The van der Waals surface area contributed by atoms with Crippen molar-refractivity contribution in [2.75, 3.05) is 11.4 Å². The number of carbonyl (C=O) groups excluding carboxylic acids is 2. The van der Waals surface area contributed by atoms with Crippen LogP contribution in [0.1, 0.15) is 102 Å². The number of fused-ring (bicyclic) bond motifs is 3. The van der Waals surface area contributed by atoms with E-state index in [-0.39, 0.29) is 22.6 Å². The molecule has 284 valence electrons. The van der Waals surface area contributed by atoms with E-state index in [1.54, 1.807) is 43.0 Å². The van der Waals surface area contributed by atoms with Crippen LogP contribution in [-0.2, 0) is 30.9 Å². The third kappa shape index (κ3) is 10.0. The van der Waals surface area contributed by atoms with Gasteiger partial charge in [0.2, 0.25) is 12.2 Å². The Kier molecular flexibility index (Phi) is 13.8. The number of aliphatic carboxylic acids is 2. The number of rotatable bonds is 14. The summed E-state index contributed by atoms with van der Waals surface area (Å²) in [7, 11) is 0. The predicted molar refractivity (Wildman–Crippen MR) is 199 cm³/mol. The van der Waals surface area contributed by atoms with Crippen molar-refractivity contribution < 1.29 is 48.8 Å². The zero-order valence-corrected chi connectivity index (χ0v) is 31.0. The zero-order chi connectivity index (χ0) is 38.9. The minimum Gasteiger partial charge on any atom is -0.478 e. The van der Waals surface area contributed by atoms with E-state index in [2.05, 4.69) is 31.3 Å². The highest BCUT2D eigenvalue weighted by atomic mass is 16.6. The average Bonchev–Trinajstić information content (AvgIpc) is 3.62. The van der Waals surface area contributed by atoms with E-state index in [4.69, 9.17) is 9.47 Å². The molecule has 5 atom stereocenters. The Morgan fingerprint density at radius 2 is 1.34 bits per heavy atom. The van der Waals surface area contributed by atoms with Crippen LogP contribution in [0.4, 0.5) is 10.5 Å². The summed E-state index contributed by atoms with van der Waals surface area (Å²) in [5, 5.41) is 32.1. The minimum atomic E-state index is -2.22. The molecule has 5 rings (SSSR count). The molecule has 1 unspecified atom stereocenters. The molecule has 4 N–H and O–H groups in total. The third-order valence-electron chi connectivity index (χ3n) is 10.1. The van der Waals surface area contributed by atoms with Gasteiger partial charge >= 0.3 is 30.0 Å². The molecule has 1 amide bonds. The molecule has 3 aromatic rings. The van der Waals surface area contributed by atoms with E-state index >= 15 is 0 Å². The Labute approximate surface area is 310 Å². The summed E-state index contributed by atoms with van der Waals surface area (Å²) in [4.78, 5) is 60.9. The van der Waals surface area contributed by atoms with E-state index in [1.807, 2.05) is 13.0 Å². The van der Waals surface area contributed by atoms with Gasteiger partial charge in [-0.25, -0.2) is 24.0 Å². The number of hydrogen-bond donors (Lipinski definition) is 4. The molecular weight excluding hydrogens is 680 g/mol. The van der Waals surface area contributed by atoms with Crippen molar-refractivity contribution in [2.24, 2.45) is 0 Å². The van der Waals surface area contributed by atoms with Gasteiger partial charge in [-0.05, 0) is 94.1 Å². The molecular formula is C41H50N2O10. The number of anilines is 1. The molecule has 1 aliphatic heterocycles. The van der Waals surface area contributed by atoms with Gasteiger partial charge in [-0.1, -0.05) is 81.0 Å². The number of nitrogens with one attached hydrogen (secondary N) is 1. The lowest BCUT2D eigenvalue weighted by Crippen LogP contribution is -2.45. The summed E-state index contributed by atoms with van der Waals surface area (Å²) in [6.45, 7) is 11.2. The Morgan fingerprint density at radius 3 is 1.81 bits per heavy atom. The first kappa shape index (κ1) is 40.5. The van der Waals surface area contributed by atoms with E-state index in [9.17, 15) is 39.3 Å². The van der Waals surface area contributed by atoms with Crippen LogP contribution >= 0.6 is 0 Å². The fourth-order valence-corrected chi connectivity index (χ4v) is 6.95. The maximum Gasteiger partial charge on any atom is 0.412 e. The average molecular weight is 731 g/mol. The van der Waals surface area contributed by atoms with Crippen LogP contribution in [0, 0.1) is 13.8 Å². The molecule has 0 bridgehead atoms. The van der Waals surface area contributed by atoms with Crippen LogP contribution < -0.4 is 10.2 Å². The number of benzene rings is 3. The Bertz CT molecular complexity index is 1700. The maximum atomic E-state index is 12.2. The van der Waals surface area contributed by atoms with Crippen molar-refractivity contribution in [1.82, 2.24) is 5.32 Å². The highest BCUT2D eigenvalue weighted by molar-refractivity contribution is 5.95. The number of unbranched alkanes of at least 4 members (excludes halogenated alkanes) is 3. The minimum absolute atomic E-state index is 0.0131. The molecule has 1 saturated heterocycles. The Morgan fingerprint density at radius 1 is 0.811 bits per heavy atom. The summed E-state index contributed by atoms with van der Waals surface area (Å²) in [6.07, 6.45) is 2.54. The molecule has 0 radical (unpaired) electrons. The first-order chi connectivity index (χ1) is 25.2. The van der Waals surface area contributed by atoms with Gasteiger partial charge in [0.15, 0.2) is 0 Å². The van der Waals surface area contributed by atoms with Gasteiger partial charge in [0.25, 0.3) is 0 Å². The van der Waals surface area contributed by atoms with Crippen LogP contribution in [0.5, 0.6) is 0 Å². The molecule has 2 aliphatic rings. The smallest absolute Gasteiger partial charge is 0.412 e. The summed E-state index contributed by atoms with van der Waals surface area (Å²) >= 11 is 0. The van der Waals surface area contributed by atoms with Gasteiger partial charge in [-0.3, -0.25) is 4.90 Å². The van der Waals surface area contributed by atoms with Gasteiger partial charge in [0, 0.05) is 23.2 Å². The predicted octanol–water partition coefficient (Wildman–Crippen LogP) is 6.93. The third-order valence-corrected chi connectivity index (χ3v) is 10.1. The maximum absolute atomic E-state index is 12.2. The first-order valence-electron chi connectivity index (χ1n) is 18.1. The van der Waals surface area contributed by atoms with E-state index in [0.29, 0.717) is 6.04 Å². The van der Waals surface area contributed by atoms with Gasteiger partial charge in [0.1, 0.15) is 0 Å². The number of esters is 2. The van der Waals surface area contributed by atoms with Gasteiger partial charge in [-0.2, -0.15) is 0 Å². The SMILES string of the molecule is CCCCCCC(C)N(C(=O)O)c1ccc2c(c1)[C@]1(C)CCN[C@@H]1C2.Cc1ccc(C(=O)O[C@@H](C(=O)O)[C@@H](OC(=O)c2ccc(C)cc2)C(=O)O)cc1. The number of carboxylic acids is 2.